The van der Waals surface area contributed by atoms with Crippen LogP contribution in [0.25, 0.3) is 10.2 Å². The SMILES string of the molecule is CC1CCCC(CNc2nc(NN)nc3sccc23)C1. The van der Waals surface area contributed by atoms with Crippen molar-refractivity contribution < 1.29 is 0 Å². The summed E-state index contributed by atoms with van der Waals surface area (Å²) in [6.45, 7) is 3.33. The van der Waals surface area contributed by atoms with E-state index in [4.69, 9.17) is 5.84 Å². The van der Waals surface area contributed by atoms with Crippen LogP contribution in [-0.2, 0) is 0 Å². The molecule has 20 heavy (non-hydrogen) atoms. The molecule has 2 aromatic rings. The first-order valence-corrected chi connectivity index (χ1v) is 8.10. The van der Waals surface area contributed by atoms with Gasteiger partial charge in [0.2, 0.25) is 5.95 Å². The maximum absolute atomic E-state index is 5.44. The summed E-state index contributed by atoms with van der Waals surface area (Å²) in [5.41, 5.74) is 2.54. The van der Waals surface area contributed by atoms with Crippen molar-refractivity contribution in [2.75, 3.05) is 17.3 Å². The van der Waals surface area contributed by atoms with Crippen molar-refractivity contribution in [2.45, 2.75) is 32.6 Å². The molecule has 5 nitrogen and oxygen atoms in total. The number of rotatable bonds is 4. The molecule has 0 spiro atoms. The molecule has 0 amide bonds. The molecular formula is C14H21N5S. The van der Waals surface area contributed by atoms with Gasteiger partial charge in [-0.15, -0.1) is 11.3 Å². The predicted octanol–water partition coefficient (Wildman–Crippen LogP) is 3.22. The van der Waals surface area contributed by atoms with Crippen LogP contribution in [0.2, 0.25) is 0 Å². The van der Waals surface area contributed by atoms with Crippen molar-refractivity contribution in [3.63, 3.8) is 0 Å². The third kappa shape index (κ3) is 2.86. The average Bonchev–Trinajstić information content (AvgIpc) is 2.93. The van der Waals surface area contributed by atoms with E-state index in [1.165, 1.54) is 25.7 Å². The molecule has 0 bridgehead atoms. The summed E-state index contributed by atoms with van der Waals surface area (Å²) < 4.78 is 0. The van der Waals surface area contributed by atoms with Gasteiger partial charge in [-0.3, -0.25) is 5.43 Å². The molecule has 1 saturated carbocycles. The molecule has 0 radical (unpaired) electrons. The highest BCUT2D eigenvalue weighted by molar-refractivity contribution is 7.16. The highest BCUT2D eigenvalue weighted by Gasteiger charge is 2.19. The second-order valence-electron chi connectivity index (χ2n) is 5.70. The molecule has 1 fully saturated rings. The minimum atomic E-state index is 0.472. The number of nitrogens with zero attached hydrogens (tertiary/aromatic N) is 2. The Kier molecular flexibility index (Phi) is 4.03. The number of nitrogens with two attached hydrogens (primary N) is 1. The number of nitrogens with one attached hydrogen (secondary N) is 2. The van der Waals surface area contributed by atoms with Gasteiger partial charge in [0.1, 0.15) is 10.6 Å². The number of hydrogen-bond acceptors (Lipinski definition) is 6. The second kappa shape index (κ2) is 5.93. The first-order chi connectivity index (χ1) is 9.76. The Balaban J connectivity index is 1.74. The van der Waals surface area contributed by atoms with Crippen LogP contribution in [0.5, 0.6) is 0 Å². The molecule has 1 aliphatic carbocycles. The molecule has 2 unspecified atom stereocenters. The molecule has 3 rings (SSSR count). The summed E-state index contributed by atoms with van der Waals surface area (Å²) >= 11 is 1.61. The van der Waals surface area contributed by atoms with Crippen molar-refractivity contribution >= 4 is 33.3 Å². The van der Waals surface area contributed by atoms with Gasteiger partial charge in [-0.2, -0.15) is 4.98 Å². The van der Waals surface area contributed by atoms with Gasteiger partial charge in [0.15, 0.2) is 0 Å². The number of hydrazine groups is 1. The monoisotopic (exact) mass is 291 g/mol. The second-order valence-corrected chi connectivity index (χ2v) is 6.59. The van der Waals surface area contributed by atoms with Crippen molar-refractivity contribution in [1.29, 1.82) is 0 Å². The van der Waals surface area contributed by atoms with Gasteiger partial charge in [-0.05, 0) is 36.1 Å². The van der Waals surface area contributed by atoms with Gasteiger partial charge >= 0.3 is 0 Å². The first-order valence-electron chi connectivity index (χ1n) is 7.22. The molecule has 1 aliphatic rings. The van der Waals surface area contributed by atoms with Crippen LogP contribution in [0.1, 0.15) is 32.6 Å². The Morgan fingerprint density at radius 3 is 3.10 bits per heavy atom. The van der Waals surface area contributed by atoms with Crippen molar-refractivity contribution in [2.24, 2.45) is 17.7 Å². The lowest BCUT2D eigenvalue weighted by Crippen LogP contribution is -2.21. The zero-order valence-corrected chi connectivity index (χ0v) is 12.5. The van der Waals surface area contributed by atoms with Gasteiger partial charge in [0.05, 0.1) is 5.39 Å². The molecule has 2 atom stereocenters. The summed E-state index contributed by atoms with van der Waals surface area (Å²) in [7, 11) is 0. The highest BCUT2D eigenvalue weighted by Crippen LogP contribution is 2.30. The predicted molar refractivity (Wildman–Crippen MR) is 84.8 cm³/mol. The fraction of sp³-hybridized carbons (Fsp3) is 0.571. The van der Waals surface area contributed by atoms with Crippen molar-refractivity contribution in [3.8, 4) is 0 Å². The fourth-order valence-corrected chi connectivity index (χ4v) is 3.80. The van der Waals surface area contributed by atoms with Crippen LogP contribution in [0.4, 0.5) is 11.8 Å². The molecule has 2 heterocycles. The van der Waals surface area contributed by atoms with E-state index in [0.29, 0.717) is 5.95 Å². The topological polar surface area (TPSA) is 75.9 Å². The molecule has 108 valence electrons. The van der Waals surface area contributed by atoms with Crippen molar-refractivity contribution in [3.05, 3.63) is 11.4 Å². The smallest absolute Gasteiger partial charge is 0.240 e. The third-order valence-corrected chi connectivity index (χ3v) is 4.86. The third-order valence-electron chi connectivity index (χ3n) is 4.06. The van der Waals surface area contributed by atoms with Crippen LogP contribution in [0.15, 0.2) is 11.4 Å². The fourth-order valence-electron chi connectivity index (χ4n) is 3.04. The van der Waals surface area contributed by atoms with Crippen LogP contribution in [0.3, 0.4) is 0 Å². The Morgan fingerprint density at radius 2 is 2.30 bits per heavy atom. The minimum absolute atomic E-state index is 0.472. The molecule has 2 aromatic heterocycles. The van der Waals surface area contributed by atoms with Crippen molar-refractivity contribution in [1.82, 2.24) is 9.97 Å². The summed E-state index contributed by atoms with van der Waals surface area (Å²) in [6.07, 6.45) is 5.35. The van der Waals surface area contributed by atoms with E-state index >= 15 is 0 Å². The molecule has 0 saturated heterocycles. The number of fused-ring (bicyclic) bond motifs is 1. The minimum Gasteiger partial charge on any atom is -0.369 e. The van der Waals surface area contributed by atoms with E-state index in [1.54, 1.807) is 11.3 Å². The van der Waals surface area contributed by atoms with Crippen LogP contribution in [-0.4, -0.2) is 16.5 Å². The Labute approximate surface area is 123 Å². The van der Waals surface area contributed by atoms with Gasteiger partial charge in [0, 0.05) is 6.54 Å². The number of nitrogen functional groups attached to an aromatic ring is 1. The van der Waals surface area contributed by atoms with Crippen LogP contribution in [0, 0.1) is 11.8 Å². The van der Waals surface area contributed by atoms with Gasteiger partial charge in [-0.1, -0.05) is 19.8 Å². The number of anilines is 2. The van der Waals surface area contributed by atoms with E-state index < -0.39 is 0 Å². The van der Waals surface area contributed by atoms with Crippen LogP contribution >= 0.6 is 11.3 Å². The largest absolute Gasteiger partial charge is 0.369 e. The molecular weight excluding hydrogens is 270 g/mol. The lowest BCUT2D eigenvalue weighted by molar-refractivity contribution is 0.293. The summed E-state index contributed by atoms with van der Waals surface area (Å²) in [5.74, 6) is 8.40. The number of hydrogen-bond donors (Lipinski definition) is 3. The van der Waals surface area contributed by atoms with E-state index in [1.807, 2.05) is 5.38 Å². The number of aromatic nitrogens is 2. The molecule has 0 aromatic carbocycles. The normalized spacial score (nSPS) is 22.9. The summed E-state index contributed by atoms with van der Waals surface area (Å²) in [6, 6.07) is 2.06. The Morgan fingerprint density at radius 1 is 1.40 bits per heavy atom. The molecule has 0 aliphatic heterocycles. The standard InChI is InChI=1S/C14H21N5S/c1-9-3-2-4-10(7-9)8-16-12-11-5-6-20-13(11)18-14(17-12)19-15/h5-6,9-10H,2-4,7-8,15H2,1H3,(H2,16,17,18,19). The van der Waals surface area contributed by atoms with Gasteiger partial charge in [0.25, 0.3) is 0 Å². The van der Waals surface area contributed by atoms with E-state index in [9.17, 15) is 0 Å². The zero-order valence-electron chi connectivity index (χ0n) is 11.7. The maximum atomic E-state index is 5.44. The van der Waals surface area contributed by atoms with E-state index in [2.05, 4.69) is 33.7 Å². The van der Waals surface area contributed by atoms with E-state index in [0.717, 1.165) is 34.4 Å². The maximum Gasteiger partial charge on any atom is 0.240 e. The zero-order chi connectivity index (χ0) is 13.9. The Hall–Kier alpha value is -1.40. The number of thiophene rings is 1. The molecule has 4 N–H and O–H groups in total. The first kappa shape index (κ1) is 13.6. The quantitative estimate of drug-likeness (QED) is 0.595. The summed E-state index contributed by atoms with van der Waals surface area (Å²) in [5, 5.41) is 6.62. The molecule has 6 heteroatoms. The van der Waals surface area contributed by atoms with E-state index in [-0.39, 0.29) is 0 Å². The average molecular weight is 291 g/mol. The van der Waals surface area contributed by atoms with Crippen LogP contribution < -0.4 is 16.6 Å². The highest BCUT2D eigenvalue weighted by atomic mass is 32.1. The lowest BCUT2D eigenvalue weighted by Gasteiger charge is -2.27. The Bertz CT molecular complexity index is 582. The summed E-state index contributed by atoms with van der Waals surface area (Å²) in [4.78, 5) is 9.76. The van der Waals surface area contributed by atoms with Gasteiger partial charge in [-0.25, -0.2) is 10.8 Å². The van der Waals surface area contributed by atoms with Gasteiger partial charge < -0.3 is 5.32 Å². The lowest BCUT2D eigenvalue weighted by atomic mass is 9.82.